The molecule has 0 saturated heterocycles. The Morgan fingerprint density at radius 1 is 1.35 bits per heavy atom. The first-order valence-electron chi connectivity index (χ1n) is 6.23. The minimum atomic E-state index is -0.257. The molecule has 0 fully saturated rings. The first-order chi connectivity index (χ1) is 9.70. The van der Waals surface area contributed by atoms with Gasteiger partial charge in [0.1, 0.15) is 11.5 Å². The molecule has 102 valence electrons. The predicted octanol–water partition coefficient (Wildman–Crippen LogP) is 3.25. The van der Waals surface area contributed by atoms with Crippen LogP contribution < -0.4 is 5.32 Å². The number of carbonyl (C=O) groups is 1. The van der Waals surface area contributed by atoms with Gasteiger partial charge < -0.3 is 9.88 Å². The van der Waals surface area contributed by atoms with E-state index in [4.69, 9.17) is 0 Å². The quantitative estimate of drug-likeness (QED) is 0.788. The van der Waals surface area contributed by atoms with Gasteiger partial charge >= 0.3 is 0 Å². The zero-order chi connectivity index (χ0) is 14.1. The van der Waals surface area contributed by atoms with Gasteiger partial charge in [-0.3, -0.25) is 4.79 Å². The third-order valence-corrected chi connectivity index (χ3v) is 4.12. The molecule has 0 unspecified atom stereocenters. The van der Waals surface area contributed by atoms with Gasteiger partial charge in [-0.15, -0.1) is 11.3 Å². The molecular weight excluding hydrogens is 275 g/mol. The molecule has 1 aromatic carbocycles. The van der Waals surface area contributed by atoms with E-state index in [9.17, 15) is 9.18 Å². The van der Waals surface area contributed by atoms with Gasteiger partial charge in [-0.1, -0.05) is 18.2 Å². The molecule has 0 aliphatic heterocycles. The van der Waals surface area contributed by atoms with E-state index in [0.29, 0.717) is 17.8 Å². The Hall–Kier alpha value is -2.14. The maximum absolute atomic E-state index is 13.8. The van der Waals surface area contributed by atoms with Crippen molar-refractivity contribution in [2.75, 3.05) is 7.05 Å². The number of hydrogen-bond donors (Lipinski definition) is 1. The number of carbonyl (C=O) groups excluding carboxylic acids is 1. The number of rotatable bonds is 3. The molecule has 1 amide bonds. The average Bonchev–Trinajstić information content (AvgIpc) is 3.03. The number of aromatic nitrogens is 1. The van der Waals surface area contributed by atoms with Crippen LogP contribution in [0.1, 0.15) is 16.1 Å². The predicted molar refractivity (Wildman–Crippen MR) is 78.7 cm³/mol. The highest BCUT2D eigenvalue weighted by Gasteiger charge is 2.16. The fourth-order valence-electron chi connectivity index (χ4n) is 2.26. The highest BCUT2D eigenvalue weighted by atomic mass is 32.1. The van der Waals surface area contributed by atoms with E-state index in [1.807, 2.05) is 22.1 Å². The zero-order valence-electron chi connectivity index (χ0n) is 10.9. The van der Waals surface area contributed by atoms with Gasteiger partial charge in [-0.05, 0) is 23.6 Å². The zero-order valence-corrected chi connectivity index (χ0v) is 11.7. The Morgan fingerprint density at radius 2 is 2.15 bits per heavy atom. The van der Waals surface area contributed by atoms with Crippen molar-refractivity contribution < 1.29 is 9.18 Å². The third kappa shape index (κ3) is 2.10. The summed E-state index contributed by atoms with van der Waals surface area (Å²) in [5.74, 6) is -0.419. The van der Waals surface area contributed by atoms with E-state index in [-0.39, 0.29) is 11.7 Å². The van der Waals surface area contributed by atoms with E-state index in [1.165, 1.54) is 6.07 Å². The smallest absolute Gasteiger partial charge is 0.267 e. The number of fused-ring (bicyclic) bond motifs is 1. The lowest BCUT2D eigenvalue weighted by atomic mass is 10.2. The van der Waals surface area contributed by atoms with Crippen molar-refractivity contribution in [2.24, 2.45) is 0 Å². The summed E-state index contributed by atoms with van der Waals surface area (Å²) in [6.45, 7) is 0.343. The topological polar surface area (TPSA) is 34.0 Å². The Balaban J connectivity index is 2.11. The summed E-state index contributed by atoms with van der Waals surface area (Å²) < 4.78 is 16.7. The molecule has 0 radical (unpaired) electrons. The minimum Gasteiger partial charge on any atom is -0.354 e. The minimum absolute atomic E-state index is 0.162. The second kappa shape index (κ2) is 5.09. The summed E-state index contributed by atoms with van der Waals surface area (Å²) >= 11 is 1.57. The summed E-state index contributed by atoms with van der Waals surface area (Å²) in [5.41, 5.74) is 2.08. The van der Waals surface area contributed by atoms with Crippen LogP contribution in [0.3, 0.4) is 0 Å². The lowest BCUT2D eigenvalue weighted by molar-refractivity contribution is 0.0954. The van der Waals surface area contributed by atoms with Crippen LogP contribution in [-0.2, 0) is 6.54 Å². The Labute approximate surface area is 119 Å². The number of amides is 1. The average molecular weight is 288 g/mol. The fourth-order valence-corrected chi connectivity index (χ4v) is 3.08. The molecular formula is C15H13FN2OS. The molecule has 2 heterocycles. The van der Waals surface area contributed by atoms with Crippen LogP contribution in [0.4, 0.5) is 4.39 Å². The third-order valence-electron chi connectivity index (χ3n) is 3.27. The molecule has 0 bridgehead atoms. The van der Waals surface area contributed by atoms with Crippen molar-refractivity contribution >= 4 is 27.5 Å². The molecule has 2 aromatic heterocycles. The molecule has 0 saturated carbocycles. The number of hydrogen-bond acceptors (Lipinski definition) is 2. The maximum Gasteiger partial charge on any atom is 0.267 e. The van der Waals surface area contributed by atoms with Crippen LogP contribution in [0.15, 0.2) is 41.8 Å². The van der Waals surface area contributed by atoms with Crippen molar-refractivity contribution in [2.45, 2.75) is 6.54 Å². The molecule has 3 nitrogen and oxygen atoms in total. The van der Waals surface area contributed by atoms with Gasteiger partial charge in [-0.2, -0.15) is 0 Å². The largest absolute Gasteiger partial charge is 0.354 e. The number of nitrogens with one attached hydrogen (secondary N) is 1. The Kier molecular flexibility index (Phi) is 3.28. The monoisotopic (exact) mass is 288 g/mol. The highest BCUT2D eigenvalue weighted by molar-refractivity contribution is 7.17. The Morgan fingerprint density at radius 3 is 2.90 bits per heavy atom. The molecule has 0 aliphatic carbocycles. The first kappa shape index (κ1) is 12.9. The van der Waals surface area contributed by atoms with E-state index in [1.54, 1.807) is 36.6 Å². The molecule has 3 rings (SSSR count). The van der Waals surface area contributed by atoms with Crippen LogP contribution in [0.5, 0.6) is 0 Å². The molecule has 0 aliphatic rings. The summed E-state index contributed by atoms with van der Waals surface area (Å²) in [5, 5.41) is 4.59. The number of thiophene rings is 1. The van der Waals surface area contributed by atoms with Crippen molar-refractivity contribution in [1.82, 2.24) is 9.88 Å². The van der Waals surface area contributed by atoms with Gasteiger partial charge in [-0.25, -0.2) is 4.39 Å². The molecule has 0 spiro atoms. The standard InChI is InChI=1S/C15H13FN2OS/c1-17-15(19)13-8-14-12(6-7-20-14)18(13)9-10-4-2-3-5-11(10)16/h2-8H,9H2,1H3,(H,17,19). The molecule has 3 aromatic rings. The molecule has 0 atom stereocenters. The van der Waals surface area contributed by atoms with Gasteiger partial charge in [0.25, 0.3) is 5.91 Å². The van der Waals surface area contributed by atoms with Crippen molar-refractivity contribution in [3.8, 4) is 0 Å². The second-order valence-electron chi connectivity index (χ2n) is 4.46. The Bertz CT molecular complexity index is 775. The summed E-state index contributed by atoms with van der Waals surface area (Å²) in [6.07, 6.45) is 0. The number of nitrogens with zero attached hydrogens (tertiary/aromatic N) is 1. The highest BCUT2D eigenvalue weighted by Crippen LogP contribution is 2.26. The van der Waals surface area contributed by atoms with Gasteiger partial charge in [0, 0.05) is 12.6 Å². The lowest BCUT2D eigenvalue weighted by Gasteiger charge is -2.10. The van der Waals surface area contributed by atoms with Crippen LogP contribution in [0.25, 0.3) is 10.2 Å². The number of benzene rings is 1. The SMILES string of the molecule is CNC(=O)c1cc2sccc2n1Cc1ccccc1F. The number of halogens is 1. The molecule has 5 heteroatoms. The summed E-state index contributed by atoms with van der Waals surface area (Å²) in [7, 11) is 1.59. The van der Waals surface area contributed by atoms with E-state index >= 15 is 0 Å². The maximum atomic E-state index is 13.8. The van der Waals surface area contributed by atoms with Crippen LogP contribution in [0, 0.1) is 5.82 Å². The second-order valence-corrected chi connectivity index (χ2v) is 5.40. The van der Waals surface area contributed by atoms with E-state index in [0.717, 1.165) is 10.2 Å². The van der Waals surface area contributed by atoms with Crippen LogP contribution in [-0.4, -0.2) is 17.5 Å². The fraction of sp³-hybridized carbons (Fsp3) is 0.133. The van der Waals surface area contributed by atoms with Crippen molar-refractivity contribution in [3.63, 3.8) is 0 Å². The van der Waals surface area contributed by atoms with Gasteiger partial charge in [0.15, 0.2) is 0 Å². The first-order valence-corrected chi connectivity index (χ1v) is 7.11. The van der Waals surface area contributed by atoms with Crippen molar-refractivity contribution in [3.05, 3.63) is 58.9 Å². The van der Waals surface area contributed by atoms with Crippen LogP contribution >= 0.6 is 11.3 Å². The summed E-state index contributed by atoms with van der Waals surface area (Å²) in [6, 6.07) is 10.4. The van der Waals surface area contributed by atoms with E-state index < -0.39 is 0 Å². The van der Waals surface area contributed by atoms with Crippen molar-refractivity contribution in [1.29, 1.82) is 0 Å². The van der Waals surface area contributed by atoms with Crippen LogP contribution in [0.2, 0.25) is 0 Å². The van der Waals surface area contributed by atoms with E-state index in [2.05, 4.69) is 5.32 Å². The molecule has 1 N–H and O–H groups in total. The molecule has 20 heavy (non-hydrogen) atoms. The lowest BCUT2D eigenvalue weighted by Crippen LogP contribution is -2.22. The van der Waals surface area contributed by atoms with Gasteiger partial charge in [0.2, 0.25) is 0 Å². The summed E-state index contributed by atoms with van der Waals surface area (Å²) in [4.78, 5) is 12.0. The normalized spacial score (nSPS) is 10.9. The van der Waals surface area contributed by atoms with Gasteiger partial charge in [0.05, 0.1) is 16.8 Å².